The van der Waals surface area contributed by atoms with E-state index in [9.17, 15) is 0 Å². The van der Waals surface area contributed by atoms with Gasteiger partial charge in [0.05, 0.1) is 5.69 Å². The maximum Gasteiger partial charge on any atom is 0.207 e. The van der Waals surface area contributed by atoms with E-state index in [4.69, 9.17) is 11.0 Å². The topological polar surface area (TPSA) is 100.0 Å². The maximum absolute atomic E-state index is 8.47. The zero-order valence-corrected chi connectivity index (χ0v) is 11.2. The van der Waals surface area contributed by atoms with Crippen molar-refractivity contribution < 1.29 is 0 Å². The third-order valence-corrected chi connectivity index (χ3v) is 3.82. The Kier molecular flexibility index (Phi) is 3.23. The van der Waals surface area contributed by atoms with Gasteiger partial charge in [0, 0.05) is 23.7 Å². The van der Waals surface area contributed by atoms with Gasteiger partial charge in [-0.1, -0.05) is 17.8 Å². The highest BCUT2D eigenvalue weighted by Crippen LogP contribution is 2.41. The number of benzene rings is 1. The van der Waals surface area contributed by atoms with Crippen LogP contribution in [0, 0.1) is 11.5 Å². The molecule has 2 heterocycles. The molecule has 1 aliphatic heterocycles. The van der Waals surface area contributed by atoms with Crippen molar-refractivity contribution in [1.82, 2.24) is 9.97 Å². The average Bonchev–Trinajstić information content (AvgIpc) is 2.45. The van der Waals surface area contributed by atoms with Gasteiger partial charge in [-0.2, -0.15) is 10.3 Å². The number of rotatable bonds is 2. The second-order valence-electron chi connectivity index (χ2n) is 4.15. The van der Waals surface area contributed by atoms with Crippen LogP contribution in [0.2, 0.25) is 0 Å². The molecule has 1 aromatic heterocycles. The second kappa shape index (κ2) is 5.19. The number of nitrogens with one attached hydrogen (secondary N) is 1. The number of anilines is 2. The van der Waals surface area contributed by atoms with Crippen molar-refractivity contribution in [3.8, 4) is 6.19 Å². The highest BCUT2D eigenvalue weighted by Gasteiger charge is 2.17. The minimum atomic E-state index is 0.302. The Morgan fingerprint density at radius 2 is 2.25 bits per heavy atom. The molecule has 1 aromatic carbocycles. The van der Waals surface area contributed by atoms with E-state index in [1.54, 1.807) is 30.3 Å². The van der Waals surface area contributed by atoms with Crippen molar-refractivity contribution in [2.24, 2.45) is 10.7 Å². The number of aromatic nitrogens is 2. The molecule has 98 valence electrons. The summed E-state index contributed by atoms with van der Waals surface area (Å²) in [5.74, 6) is 1.05. The summed E-state index contributed by atoms with van der Waals surface area (Å²) < 4.78 is 0. The molecule has 0 atom stereocenters. The summed E-state index contributed by atoms with van der Waals surface area (Å²) in [4.78, 5) is 13.1. The van der Waals surface area contributed by atoms with Crippen molar-refractivity contribution in [3.05, 3.63) is 36.2 Å². The lowest BCUT2D eigenvalue weighted by atomic mass is 10.1. The molecule has 20 heavy (non-hydrogen) atoms. The standard InChI is InChI=1S/C13H10N6S/c14-7-18-11(15)6-8-1-2-10-9(5-8)19-12-13(20-10)17-4-3-16-12/h1-5H,6H2,(H2,15,18)(H,16,19). The number of hydrogen-bond donors (Lipinski definition) is 2. The van der Waals surface area contributed by atoms with Crippen LogP contribution in [0.4, 0.5) is 11.5 Å². The van der Waals surface area contributed by atoms with E-state index in [1.165, 1.54) is 0 Å². The van der Waals surface area contributed by atoms with Crippen molar-refractivity contribution in [2.45, 2.75) is 16.3 Å². The number of hydrogen-bond acceptors (Lipinski definition) is 6. The molecule has 1 aliphatic rings. The van der Waals surface area contributed by atoms with Crippen molar-refractivity contribution in [1.29, 1.82) is 5.26 Å². The van der Waals surface area contributed by atoms with E-state index in [0.717, 1.165) is 27.0 Å². The molecule has 0 saturated heterocycles. The van der Waals surface area contributed by atoms with Gasteiger partial charge in [-0.3, -0.25) is 0 Å². The van der Waals surface area contributed by atoms with Crippen LogP contribution in [0.15, 0.2) is 45.5 Å². The van der Waals surface area contributed by atoms with Crippen LogP contribution in [0.5, 0.6) is 0 Å². The predicted octanol–water partition coefficient (Wildman–Crippen LogP) is 2.07. The van der Waals surface area contributed by atoms with E-state index in [2.05, 4.69) is 20.3 Å². The molecule has 3 rings (SSSR count). The van der Waals surface area contributed by atoms with Crippen molar-refractivity contribution in [3.63, 3.8) is 0 Å². The van der Waals surface area contributed by atoms with Gasteiger partial charge in [0.2, 0.25) is 6.19 Å². The Balaban J connectivity index is 1.89. The quantitative estimate of drug-likeness (QED) is 0.424. The van der Waals surface area contributed by atoms with Crippen LogP contribution >= 0.6 is 11.8 Å². The fraction of sp³-hybridized carbons (Fsp3) is 0.0769. The first kappa shape index (κ1) is 12.4. The zero-order chi connectivity index (χ0) is 13.9. The fourth-order valence-electron chi connectivity index (χ4n) is 1.90. The maximum atomic E-state index is 8.47. The lowest BCUT2D eigenvalue weighted by molar-refractivity contribution is 1.05. The predicted molar refractivity (Wildman–Crippen MR) is 76.8 cm³/mol. The molecule has 0 bridgehead atoms. The normalized spacial score (nSPS) is 12.8. The third kappa shape index (κ3) is 2.41. The van der Waals surface area contributed by atoms with Crippen LogP contribution in [0.1, 0.15) is 5.56 Å². The van der Waals surface area contributed by atoms with Crippen LogP contribution in [-0.2, 0) is 6.42 Å². The number of fused-ring (bicyclic) bond motifs is 2. The molecule has 0 saturated carbocycles. The molecule has 0 amide bonds. The van der Waals surface area contributed by atoms with E-state index < -0.39 is 0 Å². The van der Waals surface area contributed by atoms with Crippen molar-refractivity contribution >= 4 is 29.1 Å². The molecule has 0 aliphatic carbocycles. The molecule has 6 nitrogen and oxygen atoms in total. The minimum Gasteiger partial charge on any atom is -0.386 e. The SMILES string of the molecule is N#CN=C(N)Cc1ccc2c(c1)Nc1nccnc1S2. The monoisotopic (exact) mass is 282 g/mol. The Morgan fingerprint density at radius 1 is 1.40 bits per heavy atom. The van der Waals surface area contributed by atoms with Crippen molar-refractivity contribution in [2.75, 3.05) is 5.32 Å². The Labute approximate surface area is 119 Å². The average molecular weight is 282 g/mol. The summed E-state index contributed by atoms with van der Waals surface area (Å²) in [6.45, 7) is 0. The zero-order valence-electron chi connectivity index (χ0n) is 10.4. The van der Waals surface area contributed by atoms with E-state index in [1.807, 2.05) is 18.2 Å². The van der Waals surface area contributed by atoms with Gasteiger partial charge in [0.15, 0.2) is 5.82 Å². The smallest absolute Gasteiger partial charge is 0.207 e. The lowest BCUT2D eigenvalue weighted by Crippen LogP contribution is -2.14. The molecule has 0 unspecified atom stereocenters. The number of nitriles is 1. The first-order valence-corrected chi connectivity index (χ1v) is 6.68. The molecular weight excluding hydrogens is 272 g/mol. The van der Waals surface area contributed by atoms with Gasteiger partial charge in [0.1, 0.15) is 10.9 Å². The molecule has 7 heteroatoms. The number of nitrogens with two attached hydrogens (primary N) is 1. The highest BCUT2D eigenvalue weighted by molar-refractivity contribution is 7.99. The van der Waals surface area contributed by atoms with Crippen LogP contribution in [0.3, 0.4) is 0 Å². The summed E-state index contributed by atoms with van der Waals surface area (Å²) in [7, 11) is 0. The van der Waals surface area contributed by atoms with Crippen LogP contribution in [0.25, 0.3) is 0 Å². The van der Waals surface area contributed by atoms with Gasteiger partial charge >= 0.3 is 0 Å². The summed E-state index contributed by atoms with van der Waals surface area (Å²) in [6.07, 6.45) is 5.46. The Bertz CT molecular complexity index is 734. The van der Waals surface area contributed by atoms with Gasteiger partial charge in [-0.05, 0) is 17.7 Å². The molecule has 2 aromatic rings. The van der Waals surface area contributed by atoms with E-state index in [0.29, 0.717) is 12.3 Å². The number of amidine groups is 1. The number of aliphatic imine (C=N–C) groups is 1. The largest absolute Gasteiger partial charge is 0.386 e. The van der Waals surface area contributed by atoms with Crippen LogP contribution in [-0.4, -0.2) is 15.8 Å². The Hall–Kier alpha value is -2.59. The third-order valence-electron chi connectivity index (χ3n) is 2.75. The number of nitrogens with zero attached hydrogens (tertiary/aromatic N) is 4. The van der Waals surface area contributed by atoms with Gasteiger partial charge in [0.25, 0.3) is 0 Å². The molecule has 0 radical (unpaired) electrons. The van der Waals surface area contributed by atoms with Gasteiger partial charge in [-0.15, -0.1) is 0 Å². The fourth-order valence-corrected chi connectivity index (χ4v) is 2.78. The van der Waals surface area contributed by atoms with Gasteiger partial charge in [-0.25, -0.2) is 9.97 Å². The van der Waals surface area contributed by atoms with Gasteiger partial charge < -0.3 is 11.1 Å². The minimum absolute atomic E-state index is 0.302. The first-order chi connectivity index (χ1) is 9.76. The molecule has 0 fully saturated rings. The summed E-state index contributed by atoms with van der Waals surface area (Å²) in [5, 5.41) is 12.6. The Morgan fingerprint density at radius 3 is 3.10 bits per heavy atom. The molecule has 3 N–H and O–H groups in total. The second-order valence-corrected chi connectivity index (χ2v) is 5.18. The summed E-state index contributed by atoms with van der Waals surface area (Å²) in [5.41, 5.74) is 7.60. The molecular formula is C13H10N6S. The lowest BCUT2D eigenvalue weighted by Gasteiger charge is -2.19. The molecule has 0 spiro atoms. The summed E-state index contributed by atoms with van der Waals surface area (Å²) >= 11 is 1.57. The highest BCUT2D eigenvalue weighted by atomic mass is 32.2. The summed E-state index contributed by atoms with van der Waals surface area (Å²) in [6, 6.07) is 5.95. The van der Waals surface area contributed by atoms with E-state index in [-0.39, 0.29) is 0 Å². The first-order valence-electron chi connectivity index (χ1n) is 5.86. The van der Waals surface area contributed by atoms with E-state index >= 15 is 0 Å². The van der Waals surface area contributed by atoms with Crippen LogP contribution < -0.4 is 11.1 Å².